The van der Waals surface area contributed by atoms with Gasteiger partial charge < -0.3 is 13.4 Å². The second-order valence-electron chi connectivity index (χ2n) is 12.4. The molecule has 0 aliphatic heterocycles. The summed E-state index contributed by atoms with van der Waals surface area (Å²) in [5.41, 5.74) is 12.9. The zero-order chi connectivity index (χ0) is 30.7. The summed E-state index contributed by atoms with van der Waals surface area (Å²) >= 11 is 0. The zero-order valence-corrected chi connectivity index (χ0v) is 28.6. The first-order valence-corrected chi connectivity index (χ1v) is 15.6. The summed E-state index contributed by atoms with van der Waals surface area (Å²) in [4.78, 5) is 5.26. The van der Waals surface area contributed by atoms with Gasteiger partial charge in [0.25, 0.3) is 0 Å². The number of nitrogens with zero attached hydrogens (tertiary/aromatic N) is 2. The van der Waals surface area contributed by atoms with E-state index in [1.165, 1.54) is 27.9 Å². The molecule has 0 atom stereocenters. The minimum Gasteiger partial charge on any atom is -0.557 e. The van der Waals surface area contributed by atoms with Crippen LogP contribution < -0.4 is 0 Å². The maximum atomic E-state index is 6.08. The van der Waals surface area contributed by atoms with Crippen molar-refractivity contribution in [2.75, 3.05) is 0 Å². The van der Waals surface area contributed by atoms with Crippen molar-refractivity contribution in [1.82, 2.24) is 9.55 Å². The summed E-state index contributed by atoms with van der Waals surface area (Å²) in [6.07, 6.45) is 5.00. The Kier molecular flexibility index (Phi) is 7.76. The Bertz CT molecular complexity index is 2310. The van der Waals surface area contributed by atoms with Crippen molar-refractivity contribution in [2.45, 2.75) is 39.5 Å². The van der Waals surface area contributed by atoms with Gasteiger partial charge in [0.15, 0.2) is 0 Å². The fraction of sp³-hybridized carbons (Fsp3) is 0.146. The topological polar surface area (TPSA) is 44.1 Å². The van der Waals surface area contributed by atoms with Crippen LogP contribution in [0.15, 0.2) is 124 Å². The molecule has 0 aliphatic carbocycles. The predicted molar refractivity (Wildman–Crippen MR) is 184 cm³/mol. The van der Waals surface area contributed by atoms with Crippen LogP contribution in [0.4, 0.5) is 0 Å². The van der Waals surface area contributed by atoms with Crippen LogP contribution in [0.1, 0.15) is 50.7 Å². The molecule has 8 aromatic rings. The van der Waals surface area contributed by atoms with Crippen molar-refractivity contribution >= 4 is 33.0 Å². The first-order valence-electron chi connectivity index (χ1n) is 15.6. The summed E-state index contributed by atoms with van der Waals surface area (Å²) < 4.78 is 14.0. The molecule has 5 heteroatoms. The molecule has 4 nitrogen and oxygen atoms in total. The standard InChI is InChI=1S/C41H33N2O2.Ir/c1-25(2)32-22-31(27-10-6-5-7-11-27)23-33(26(3)4)40(32)43-37-13-9-8-12-36(37)42-41(43)35-24-45-39-17-15-29(21-34(35)39)28-14-16-38-30(20-28)18-19-44-38;/h5-23,25-26H,1-4H3;/q-1;. The Morgan fingerprint density at radius 2 is 1.33 bits per heavy atom. The molecule has 8 rings (SSSR count). The van der Waals surface area contributed by atoms with Gasteiger partial charge in [-0.15, -0.1) is 0 Å². The average molecular weight is 778 g/mol. The molecule has 0 aliphatic rings. The monoisotopic (exact) mass is 778 g/mol. The number of furan rings is 2. The van der Waals surface area contributed by atoms with Crippen molar-refractivity contribution in [3.63, 3.8) is 0 Å². The van der Waals surface area contributed by atoms with Gasteiger partial charge in [-0.25, -0.2) is 0 Å². The van der Waals surface area contributed by atoms with Gasteiger partial charge in [-0.3, -0.25) is 4.98 Å². The fourth-order valence-electron chi connectivity index (χ4n) is 6.50. The Morgan fingerprint density at radius 3 is 2.07 bits per heavy atom. The molecule has 46 heavy (non-hydrogen) atoms. The summed E-state index contributed by atoms with van der Waals surface area (Å²) in [5, 5.41) is 2.06. The second kappa shape index (κ2) is 11.9. The van der Waals surface area contributed by atoms with E-state index in [1.807, 2.05) is 18.2 Å². The Labute approximate surface area is 282 Å². The molecule has 0 fully saturated rings. The van der Waals surface area contributed by atoms with Gasteiger partial charge in [-0.1, -0.05) is 105 Å². The molecule has 0 saturated heterocycles. The normalized spacial score (nSPS) is 11.7. The van der Waals surface area contributed by atoms with Crippen molar-refractivity contribution < 1.29 is 28.9 Å². The average Bonchev–Trinajstić information content (AvgIpc) is 3.80. The van der Waals surface area contributed by atoms with Crippen LogP contribution >= 0.6 is 0 Å². The van der Waals surface area contributed by atoms with E-state index < -0.39 is 0 Å². The molecular formula is C41H33IrN2O2-. The fourth-order valence-corrected chi connectivity index (χ4v) is 6.50. The number of fused-ring (bicyclic) bond motifs is 3. The maximum Gasteiger partial charge on any atom is 0.133 e. The summed E-state index contributed by atoms with van der Waals surface area (Å²) in [6.45, 7) is 9.11. The van der Waals surface area contributed by atoms with Gasteiger partial charge in [-0.2, -0.15) is 0 Å². The van der Waals surface area contributed by atoms with Crippen LogP contribution in [0.2, 0.25) is 0 Å². The minimum absolute atomic E-state index is 0. The number of para-hydroxylation sites is 2. The van der Waals surface area contributed by atoms with Gasteiger partial charge in [0.1, 0.15) is 5.58 Å². The third kappa shape index (κ3) is 5.01. The molecule has 3 heterocycles. The van der Waals surface area contributed by atoms with E-state index >= 15 is 0 Å². The molecule has 0 spiro atoms. The Morgan fingerprint density at radius 1 is 0.652 bits per heavy atom. The quantitative estimate of drug-likeness (QED) is 0.158. The minimum atomic E-state index is 0. The predicted octanol–water partition coefficient (Wildman–Crippen LogP) is 11.6. The smallest absolute Gasteiger partial charge is 0.133 e. The third-order valence-corrected chi connectivity index (χ3v) is 8.83. The first-order chi connectivity index (χ1) is 22.0. The number of aromatic nitrogens is 2. The molecule has 0 saturated carbocycles. The molecule has 3 aromatic heterocycles. The molecule has 1 radical (unpaired) electrons. The maximum absolute atomic E-state index is 6.08. The van der Waals surface area contributed by atoms with Crippen molar-refractivity contribution in [2.24, 2.45) is 0 Å². The number of imidazole rings is 1. The van der Waals surface area contributed by atoms with Gasteiger partial charge in [0.05, 0.1) is 23.1 Å². The molecule has 0 unspecified atom stereocenters. The number of hydrogen-bond acceptors (Lipinski definition) is 3. The summed E-state index contributed by atoms with van der Waals surface area (Å²) in [7, 11) is 0. The van der Waals surface area contributed by atoms with Crippen LogP contribution in [-0.2, 0) is 20.1 Å². The van der Waals surface area contributed by atoms with Crippen molar-refractivity contribution in [1.29, 1.82) is 0 Å². The second-order valence-corrected chi connectivity index (χ2v) is 12.4. The van der Waals surface area contributed by atoms with Gasteiger partial charge in [-0.05, 0) is 87.7 Å². The summed E-state index contributed by atoms with van der Waals surface area (Å²) in [5.74, 6) is 1.39. The van der Waals surface area contributed by atoms with E-state index in [2.05, 4.69) is 130 Å². The van der Waals surface area contributed by atoms with Crippen LogP contribution in [0.5, 0.6) is 0 Å². The van der Waals surface area contributed by atoms with E-state index in [0.717, 1.165) is 55.5 Å². The number of hydrogen-bond donors (Lipinski definition) is 0. The van der Waals surface area contributed by atoms with Gasteiger partial charge in [0, 0.05) is 43.0 Å². The Balaban J connectivity index is 0.00000338. The van der Waals surface area contributed by atoms with Gasteiger partial charge in [0.2, 0.25) is 0 Å². The van der Waals surface area contributed by atoms with E-state index in [0.29, 0.717) is 0 Å². The van der Waals surface area contributed by atoms with E-state index in [9.17, 15) is 0 Å². The SMILES string of the molecule is CC(C)c1cc(-c2ccccc2)cc(C(C)C)c1-n1c(-c2[c-]oc3ccc(-c4ccc5occc5c4)cc23)nc2ccccc21.[Ir]. The van der Waals surface area contributed by atoms with Crippen LogP contribution in [-0.4, -0.2) is 9.55 Å². The van der Waals surface area contributed by atoms with Gasteiger partial charge >= 0.3 is 0 Å². The van der Waals surface area contributed by atoms with Crippen molar-refractivity contribution in [3.05, 3.63) is 133 Å². The zero-order valence-electron chi connectivity index (χ0n) is 26.2. The molecule has 0 bridgehead atoms. The number of rotatable bonds is 6. The molecule has 229 valence electrons. The van der Waals surface area contributed by atoms with Crippen molar-refractivity contribution in [3.8, 4) is 39.3 Å². The molecule has 0 N–H and O–H groups in total. The van der Waals surface area contributed by atoms with Crippen LogP contribution in [0, 0.1) is 6.26 Å². The van der Waals surface area contributed by atoms with E-state index in [1.54, 1.807) is 6.26 Å². The molecular weight excluding hydrogens is 745 g/mol. The number of benzene rings is 5. The largest absolute Gasteiger partial charge is 0.557 e. The molecule has 0 amide bonds. The molecule has 5 aromatic carbocycles. The third-order valence-electron chi connectivity index (χ3n) is 8.83. The van der Waals surface area contributed by atoms with Crippen LogP contribution in [0.25, 0.3) is 72.3 Å². The van der Waals surface area contributed by atoms with E-state index in [4.69, 9.17) is 13.8 Å². The Hall–Kier alpha value is -4.70. The first kappa shape index (κ1) is 30.0. The van der Waals surface area contributed by atoms with Crippen LogP contribution in [0.3, 0.4) is 0 Å². The summed E-state index contributed by atoms with van der Waals surface area (Å²) in [6, 6.07) is 38.4. The van der Waals surface area contributed by atoms with E-state index in [-0.39, 0.29) is 31.9 Å².